The molecule has 0 amide bonds. The minimum absolute atomic E-state index is 0.548. The van der Waals surface area contributed by atoms with Crippen LogP contribution < -0.4 is 10.6 Å². The largest absolute Gasteiger partial charge is 0.367 e. The number of rotatable bonds is 5. The predicted octanol–water partition coefficient (Wildman–Crippen LogP) is 4.84. The number of benzene rings is 1. The molecule has 1 aliphatic carbocycles. The Kier molecular flexibility index (Phi) is 5.68. The first kappa shape index (κ1) is 16.7. The van der Waals surface area contributed by atoms with Crippen molar-refractivity contribution in [2.45, 2.75) is 65.0 Å². The second kappa shape index (κ2) is 8.13. The van der Waals surface area contributed by atoms with Gasteiger partial charge < -0.3 is 10.6 Å². The van der Waals surface area contributed by atoms with Gasteiger partial charge in [0.25, 0.3) is 0 Å². The van der Waals surface area contributed by atoms with Gasteiger partial charge in [-0.2, -0.15) is 0 Å². The van der Waals surface area contributed by atoms with Gasteiger partial charge in [0, 0.05) is 18.7 Å². The minimum Gasteiger partial charge on any atom is -0.367 e. The van der Waals surface area contributed by atoms with Crippen molar-refractivity contribution in [1.29, 1.82) is 0 Å². The summed E-state index contributed by atoms with van der Waals surface area (Å²) in [6.07, 6.45) is 7.86. The molecule has 3 rings (SSSR count). The Morgan fingerprint density at radius 3 is 2.46 bits per heavy atom. The lowest BCUT2D eigenvalue weighted by Gasteiger charge is -2.18. The molecule has 1 heterocycles. The molecule has 0 atom stereocenters. The van der Waals surface area contributed by atoms with Crippen molar-refractivity contribution >= 4 is 11.6 Å². The quantitative estimate of drug-likeness (QED) is 0.773. The van der Waals surface area contributed by atoms with Gasteiger partial charge in [0.1, 0.15) is 17.5 Å². The maximum Gasteiger partial charge on any atom is 0.132 e. The van der Waals surface area contributed by atoms with E-state index in [1.54, 1.807) is 0 Å². The zero-order chi connectivity index (χ0) is 16.8. The number of hydrogen-bond donors (Lipinski definition) is 2. The minimum atomic E-state index is 0.548. The van der Waals surface area contributed by atoms with E-state index in [1.165, 1.54) is 49.7 Å². The summed E-state index contributed by atoms with van der Waals surface area (Å²) in [7, 11) is 0. The monoisotopic (exact) mass is 324 g/mol. The first-order valence-corrected chi connectivity index (χ1v) is 9.11. The lowest BCUT2D eigenvalue weighted by Crippen LogP contribution is -2.19. The third-order valence-corrected chi connectivity index (χ3v) is 4.60. The highest BCUT2D eigenvalue weighted by Gasteiger charge is 2.13. The van der Waals surface area contributed by atoms with Crippen molar-refractivity contribution in [2.75, 3.05) is 10.6 Å². The van der Waals surface area contributed by atoms with E-state index in [4.69, 9.17) is 0 Å². The molecule has 0 radical (unpaired) electrons. The number of anilines is 2. The average Bonchev–Trinajstić information content (AvgIpc) is 2.81. The maximum absolute atomic E-state index is 4.57. The van der Waals surface area contributed by atoms with Crippen LogP contribution in [-0.4, -0.2) is 16.0 Å². The molecule has 128 valence electrons. The van der Waals surface area contributed by atoms with Crippen LogP contribution in [0.15, 0.2) is 30.3 Å². The van der Waals surface area contributed by atoms with Gasteiger partial charge in [0.15, 0.2) is 0 Å². The molecular weight excluding hydrogens is 296 g/mol. The van der Waals surface area contributed by atoms with Gasteiger partial charge in [-0.3, -0.25) is 0 Å². The molecule has 0 spiro atoms. The van der Waals surface area contributed by atoms with Crippen LogP contribution in [0.3, 0.4) is 0 Å². The zero-order valence-electron chi connectivity index (χ0n) is 14.8. The Balaban J connectivity index is 1.64. The molecule has 1 aliphatic rings. The Morgan fingerprint density at radius 2 is 1.71 bits per heavy atom. The van der Waals surface area contributed by atoms with Crippen LogP contribution in [0.1, 0.15) is 55.5 Å². The Morgan fingerprint density at radius 1 is 0.958 bits per heavy atom. The van der Waals surface area contributed by atoms with E-state index in [0.717, 1.165) is 24.0 Å². The molecule has 0 bridgehead atoms. The van der Waals surface area contributed by atoms with E-state index in [2.05, 4.69) is 51.8 Å². The van der Waals surface area contributed by atoms with Crippen LogP contribution in [0.5, 0.6) is 0 Å². The Hall–Kier alpha value is -2.10. The Bertz CT molecular complexity index is 660. The fourth-order valence-corrected chi connectivity index (χ4v) is 3.38. The number of nitrogens with zero attached hydrogens (tertiary/aromatic N) is 2. The molecule has 1 aromatic carbocycles. The van der Waals surface area contributed by atoms with Crippen LogP contribution in [0.25, 0.3) is 0 Å². The van der Waals surface area contributed by atoms with E-state index >= 15 is 0 Å². The highest BCUT2D eigenvalue weighted by Crippen LogP contribution is 2.21. The molecule has 0 saturated heterocycles. The van der Waals surface area contributed by atoms with Gasteiger partial charge in [0.2, 0.25) is 0 Å². The van der Waals surface area contributed by atoms with E-state index in [-0.39, 0.29) is 0 Å². The highest BCUT2D eigenvalue weighted by molar-refractivity contribution is 5.48. The zero-order valence-corrected chi connectivity index (χ0v) is 14.8. The summed E-state index contributed by atoms with van der Waals surface area (Å²) in [5, 5.41) is 7.05. The fraction of sp³-hybridized carbons (Fsp3) is 0.500. The van der Waals surface area contributed by atoms with Gasteiger partial charge in [-0.05, 0) is 32.3 Å². The van der Waals surface area contributed by atoms with Gasteiger partial charge in [-0.15, -0.1) is 0 Å². The molecule has 0 unspecified atom stereocenters. The van der Waals surface area contributed by atoms with Crippen molar-refractivity contribution in [2.24, 2.45) is 0 Å². The van der Waals surface area contributed by atoms with Crippen molar-refractivity contribution in [3.8, 4) is 0 Å². The fourth-order valence-electron chi connectivity index (χ4n) is 3.38. The maximum atomic E-state index is 4.57. The molecule has 4 nitrogen and oxygen atoms in total. The molecule has 2 N–H and O–H groups in total. The summed E-state index contributed by atoms with van der Waals surface area (Å²) in [6, 6.07) is 11.1. The normalized spacial score (nSPS) is 15.8. The van der Waals surface area contributed by atoms with E-state index in [9.17, 15) is 0 Å². The molecule has 2 aromatic rings. The average molecular weight is 324 g/mol. The third kappa shape index (κ3) is 4.95. The summed E-state index contributed by atoms with van der Waals surface area (Å²) in [4.78, 5) is 9.09. The van der Waals surface area contributed by atoms with Crippen LogP contribution in [0.4, 0.5) is 11.6 Å². The number of aryl methyl sites for hydroxylation is 2. The third-order valence-electron chi connectivity index (χ3n) is 4.60. The van der Waals surface area contributed by atoms with Crippen LogP contribution in [0.2, 0.25) is 0 Å². The molecule has 4 heteroatoms. The first-order chi connectivity index (χ1) is 11.7. The topological polar surface area (TPSA) is 49.8 Å². The smallest absolute Gasteiger partial charge is 0.132 e. The lowest BCUT2D eigenvalue weighted by molar-refractivity contribution is 0.617. The van der Waals surface area contributed by atoms with E-state index < -0.39 is 0 Å². The Labute approximate surface area is 145 Å². The predicted molar refractivity (Wildman–Crippen MR) is 100 cm³/mol. The number of aromatic nitrogens is 2. The van der Waals surface area contributed by atoms with E-state index in [0.29, 0.717) is 6.04 Å². The second-order valence-electron chi connectivity index (χ2n) is 6.86. The standard InChI is InChI=1S/C20H28N4/c1-15-8-7-9-17(12-15)14-21-19-13-20(23-16(2)22-19)24-18-10-5-3-4-6-11-18/h7-9,12-13,18H,3-6,10-11,14H2,1-2H3,(H2,21,22,23,24). The van der Waals surface area contributed by atoms with Gasteiger partial charge in [-0.1, -0.05) is 55.5 Å². The molecule has 1 saturated carbocycles. The summed E-state index contributed by atoms with van der Waals surface area (Å²) in [6.45, 7) is 4.85. The highest BCUT2D eigenvalue weighted by atomic mass is 15.1. The summed E-state index contributed by atoms with van der Waals surface area (Å²) in [5.41, 5.74) is 2.55. The van der Waals surface area contributed by atoms with Crippen molar-refractivity contribution in [3.63, 3.8) is 0 Å². The first-order valence-electron chi connectivity index (χ1n) is 9.11. The lowest BCUT2D eigenvalue weighted by atomic mass is 10.1. The van der Waals surface area contributed by atoms with E-state index in [1.807, 2.05) is 13.0 Å². The molecule has 24 heavy (non-hydrogen) atoms. The molecule has 0 aliphatic heterocycles. The van der Waals surface area contributed by atoms with Crippen LogP contribution in [-0.2, 0) is 6.54 Å². The van der Waals surface area contributed by atoms with Crippen LogP contribution >= 0.6 is 0 Å². The number of nitrogens with one attached hydrogen (secondary N) is 2. The second-order valence-corrected chi connectivity index (χ2v) is 6.86. The van der Waals surface area contributed by atoms with Crippen LogP contribution in [0, 0.1) is 13.8 Å². The van der Waals surface area contributed by atoms with Crippen molar-refractivity contribution in [1.82, 2.24) is 9.97 Å². The van der Waals surface area contributed by atoms with Crippen molar-refractivity contribution in [3.05, 3.63) is 47.3 Å². The molecule has 1 fully saturated rings. The van der Waals surface area contributed by atoms with Gasteiger partial charge in [0.05, 0.1) is 0 Å². The van der Waals surface area contributed by atoms with Gasteiger partial charge in [-0.25, -0.2) is 9.97 Å². The van der Waals surface area contributed by atoms with Crippen molar-refractivity contribution < 1.29 is 0 Å². The molecular formula is C20H28N4. The number of hydrogen-bond acceptors (Lipinski definition) is 4. The summed E-state index contributed by atoms with van der Waals surface area (Å²) in [5.74, 6) is 2.64. The summed E-state index contributed by atoms with van der Waals surface area (Å²) >= 11 is 0. The summed E-state index contributed by atoms with van der Waals surface area (Å²) < 4.78 is 0. The molecule has 1 aromatic heterocycles. The SMILES string of the molecule is Cc1cccc(CNc2cc(NC3CCCCCC3)nc(C)n2)c1. The van der Waals surface area contributed by atoms with Gasteiger partial charge >= 0.3 is 0 Å².